The second-order valence-corrected chi connectivity index (χ2v) is 6.47. The predicted octanol–water partition coefficient (Wildman–Crippen LogP) is 1.44. The molecule has 3 rings (SSSR count). The lowest BCUT2D eigenvalue weighted by atomic mass is 9.97. The predicted molar refractivity (Wildman–Crippen MR) is 85.7 cm³/mol. The molecule has 1 fully saturated rings. The normalized spacial score (nSPS) is 19.4. The summed E-state index contributed by atoms with van der Waals surface area (Å²) in [6, 6.07) is 0. The molecule has 1 amide bonds. The quantitative estimate of drug-likeness (QED) is 0.874. The lowest BCUT2D eigenvalue weighted by Crippen LogP contribution is -2.37. The fourth-order valence-electron chi connectivity index (χ4n) is 3.04. The van der Waals surface area contributed by atoms with E-state index >= 15 is 0 Å². The standard InChI is InChI=1S/C15H21N5OS/c16-14(21)3-6-19-5-1-2-12(8-19)15-17-4-7-20(15)9-13-10-22-11-18-13/h4,7,10-12H,1-3,5-6,8-9H2,(H2,16,21)/t12-/m0/s1. The number of aromatic nitrogens is 3. The topological polar surface area (TPSA) is 77.0 Å². The molecular formula is C15H21N5OS. The summed E-state index contributed by atoms with van der Waals surface area (Å²) in [6.07, 6.45) is 6.59. The average Bonchev–Trinajstić information content (AvgIpc) is 3.18. The van der Waals surface area contributed by atoms with E-state index in [4.69, 9.17) is 5.73 Å². The molecule has 0 aliphatic carbocycles. The molecule has 0 spiro atoms. The maximum atomic E-state index is 11.0. The van der Waals surface area contributed by atoms with Crippen LogP contribution in [-0.2, 0) is 11.3 Å². The monoisotopic (exact) mass is 319 g/mol. The number of thiazole rings is 1. The van der Waals surface area contributed by atoms with E-state index in [-0.39, 0.29) is 5.91 Å². The van der Waals surface area contributed by atoms with Crippen molar-refractivity contribution >= 4 is 17.2 Å². The van der Waals surface area contributed by atoms with Crippen LogP contribution in [0.3, 0.4) is 0 Å². The Morgan fingerprint density at radius 3 is 3.14 bits per heavy atom. The lowest BCUT2D eigenvalue weighted by Gasteiger charge is -2.32. The number of hydrogen-bond donors (Lipinski definition) is 1. The number of carbonyl (C=O) groups is 1. The van der Waals surface area contributed by atoms with E-state index in [0.717, 1.165) is 50.5 Å². The fraction of sp³-hybridized carbons (Fsp3) is 0.533. The Hall–Kier alpha value is -1.73. The number of amides is 1. The molecule has 7 heteroatoms. The Balaban J connectivity index is 1.66. The lowest BCUT2D eigenvalue weighted by molar-refractivity contribution is -0.118. The van der Waals surface area contributed by atoms with Gasteiger partial charge in [0.15, 0.2) is 0 Å². The highest BCUT2D eigenvalue weighted by atomic mass is 32.1. The molecule has 1 aliphatic heterocycles. The molecule has 1 saturated heterocycles. The molecule has 0 radical (unpaired) electrons. The minimum atomic E-state index is -0.229. The highest BCUT2D eigenvalue weighted by molar-refractivity contribution is 7.07. The molecule has 1 aliphatic rings. The molecule has 1 atom stereocenters. The van der Waals surface area contributed by atoms with Crippen LogP contribution in [0, 0.1) is 0 Å². The van der Waals surface area contributed by atoms with Gasteiger partial charge in [0.2, 0.25) is 5.91 Å². The van der Waals surface area contributed by atoms with Gasteiger partial charge in [-0.15, -0.1) is 11.3 Å². The van der Waals surface area contributed by atoms with Crippen LogP contribution in [-0.4, -0.2) is 45.0 Å². The third kappa shape index (κ3) is 3.72. The maximum absolute atomic E-state index is 11.0. The Morgan fingerprint density at radius 1 is 1.45 bits per heavy atom. The van der Waals surface area contributed by atoms with Crippen molar-refractivity contribution in [2.45, 2.75) is 31.7 Å². The zero-order valence-corrected chi connectivity index (χ0v) is 13.3. The second kappa shape index (κ2) is 7.02. The van der Waals surface area contributed by atoms with E-state index in [1.807, 2.05) is 17.9 Å². The third-order valence-corrected chi connectivity index (χ3v) is 4.74. The van der Waals surface area contributed by atoms with Gasteiger partial charge in [-0.1, -0.05) is 0 Å². The van der Waals surface area contributed by atoms with E-state index < -0.39 is 0 Å². The van der Waals surface area contributed by atoms with E-state index in [0.29, 0.717) is 12.3 Å². The Labute approximate surface area is 134 Å². The first kappa shape index (κ1) is 15.2. The first-order valence-corrected chi connectivity index (χ1v) is 8.55. The van der Waals surface area contributed by atoms with Gasteiger partial charge in [-0.2, -0.15) is 0 Å². The van der Waals surface area contributed by atoms with Crippen molar-refractivity contribution in [2.75, 3.05) is 19.6 Å². The number of piperidine rings is 1. The zero-order valence-electron chi connectivity index (χ0n) is 12.5. The van der Waals surface area contributed by atoms with Gasteiger partial charge in [0.05, 0.1) is 17.7 Å². The van der Waals surface area contributed by atoms with Crippen LogP contribution >= 0.6 is 11.3 Å². The summed E-state index contributed by atoms with van der Waals surface area (Å²) in [5.41, 5.74) is 8.18. The van der Waals surface area contributed by atoms with Crippen molar-refractivity contribution in [1.82, 2.24) is 19.4 Å². The second-order valence-electron chi connectivity index (χ2n) is 5.75. The molecule has 2 aromatic rings. The largest absolute Gasteiger partial charge is 0.370 e. The first-order valence-electron chi connectivity index (χ1n) is 7.61. The summed E-state index contributed by atoms with van der Waals surface area (Å²) >= 11 is 1.62. The number of imidazole rings is 1. The Morgan fingerprint density at radius 2 is 2.36 bits per heavy atom. The van der Waals surface area contributed by atoms with Crippen LogP contribution in [0.25, 0.3) is 0 Å². The summed E-state index contributed by atoms with van der Waals surface area (Å²) in [7, 11) is 0. The highest BCUT2D eigenvalue weighted by Gasteiger charge is 2.24. The highest BCUT2D eigenvalue weighted by Crippen LogP contribution is 2.26. The van der Waals surface area contributed by atoms with Crippen LogP contribution < -0.4 is 5.73 Å². The van der Waals surface area contributed by atoms with Crippen LogP contribution in [0.2, 0.25) is 0 Å². The van der Waals surface area contributed by atoms with E-state index in [9.17, 15) is 4.79 Å². The van der Waals surface area contributed by atoms with Gasteiger partial charge in [0.25, 0.3) is 0 Å². The number of nitrogens with zero attached hydrogens (tertiary/aromatic N) is 4. The van der Waals surface area contributed by atoms with E-state index in [2.05, 4.69) is 24.8 Å². The minimum Gasteiger partial charge on any atom is -0.370 e. The molecule has 2 aromatic heterocycles. The number of carbonyl (C=O) groups excluding carboxylic acids is 1. The molecule has 3 heterocycles. The maximum Gasteiger partial charge on any atom is 0.218 e. The summed E-state index contributed by atoms with van der Waals surface area (Å²) in [4.78, 5) is 22.2. The van der Waals surface area contributed by atoms with Crippen molar-refractivity contribution in [3.8, 4) is 0 Å². The third-order valence-electron chi connectivity index (χ3n) is 4.11. The molecule has 0 bridgehead atoms. The van der Waals surface area contributed by atoms with Crippen molar-refractivity contribution in [3.05, 3.63) is 34.8 Å². The molecule has 0 unspecified atom stereocenters. The van der Waals surface area contributed by atoms with Crippen molar-refractivity contribution < 1.29 is 4.79 Å². The van der Waals surface area contributed by atoms with Crippen molar-refractivity contribution in [2.24, 2.45) is 5.73 Å². The van der Waals surface area contributed by atoms with Gasteiger partial charge >= 0.3 is 0 Å². The summed E-state index contributed by atoms with van der Waals surface area (Å²) < 4.78 is 2.19. The Bertz CT molecular complexity index is 609. The number of likely N-dealkylation sites (tertiary alicyclic amines) is 1. The van der Waals surface area contributed by atoms with Crippen molar-refractivity contribution in [3.63, 3.8) is 0 Å². The number of rotatable bonds is 6. The molecular weight excluding hydrogens is 298 g/mol. The zero-order chi connectivity index (χ0) is 15.4. The van der Waals surface area contributed by atoms with Crippen LogP contribution in [0.4, 0.5) is 0 Å². The molecule has 0 aromatic carbocycles. The number of primary amides is 1. The molecule has 6 nitrogen and oxygen atoms in total. The number of nitrogens with two attached hydrogens (primary N) is 1. The Kier molecular flexibility index (Phi) is 4.84. The SMILES string of the molecule is NC(=O)CCN1CCC[C@H](c2nccn2Cc2cscn2)C1. The van der Waals surface area contributed by atoms with Gasteiger partial charge in [0.1, 0.15) is 5.82 Å². The van der Waals surface area contributed by atoms with Gasteiger partial charge in [-0.05, 0) is 19.4 Å². The molecule has 118 valence electrons. The van der Waals surface area contributed by atoms with Crippen LogP contribution in [0.5, 0.6) is 0 Å². The van der Waals surface area contributed by atoms with Crippen molar-refractivity contribution in [1.29, 1.82) is 0 Å². The first-order chi connectivity index (χ1) is 10.7. The van der Waals surface area contributed by atoms with E-state index in [1.165, 1.54) is 0 Å². The fourth-order valence-corrected chi connectivity index (χ4v) is 3.59. The molecule has 2 N–H and O–H groups in total. The van der Waals surface area contributed by atoms with Crippen LogP contribution in [0.1, 0.15) is 36.7 Å². The van der Waals surface area contributed by atoms with E-state index in [1.54, 1.807) is 11.3 Å². The summed E-state index contributed by atoms with van der Waals surface area (Å²) in [5, 5.41) is 2.07. The van der Waals surface area contributed by atoms with Gasteiger partial charge < -0.3 is 15.2 Å². The number of hydrogen-bond acceptors (Lipinski definition) is 5. The summed E-state index contributed by atoms with van der Waals surface area (Å²) in [5.74, 6) is 1.30. The summed E-state index contributed by atoms with van der Waals surface area (Å²) in [6.45, 7) is 3.51. The smallest absolute Gasteiger partial charge is 0.218 e. The van der Waals surface area contributed by atoms with Crippen LogP contribution in [0.15, 0.2) is 23.3 Å². The molecule has 0 saturated carbocycles. The van der Waals surface area contributed by atoms with Gasteiger partial charge in [-0.3, -0.25) is 4.79 Å². The minimum absolute atomic E-state index is 0.229. The van der Waals surface area contributed by atoms with Gasteiger partial charge in [-0.25, -0.2) is 9.97 Å². The molecule has 22 heavy (non-hydrogen) atoms. The average molecular weight is 319 g/mol. The van der Waals surface area contributed by atoms with Gasteiger partial charge in [0, 0.05) is 43.2 Å².